The minimum atomic E-state index is 0.217. The van der Waals surface area contributed by atoms with E-state index >= 15 is 0 Å². The molecular weight excluding hydrogens is 182 g/mol. The molecule has 1 fully saturated rings. The van der Waals surface area contributed by atoms with Crippen molar-refractivity contribution in [3.63, 3.8) is 0 Å². The van der Waals surface area contributed by atoms with Crippen molar-refractivity contribution in [1.29, 1.82) is 0 Å². The second-order valence-corrected chi connectivity index (χ2v) is 5.28. The van der Waals surface area contributed by atoms with Crippen LogP contribution in [0.5, 0.6) is 0 Å². The quantitative estimate of drug-likeness (QED) is 0.642. The molecule has 0 aliphatic carbocycles. The van der Waals surface area contributed by atoms with E-state index in [1.165, 1.54) is 24.3 Å². The van der Waals surface area contributed by atoms with Gasteiger partial charge in [0.1, 0.15) is 0 Å². The van der Waals surface area contributed by atoms with Crippen LogP contribution in [0.25, 0.3) is 0 Å². The van der Waals surface area contributed by atoms with Gasteiger partial charge in [0.15, 0.2) is 0 Å². The molecule has 1 rings (SSSR count). The molecule has 0 aromatic rings. The van der Waals surface area contributed by atoms with E-state index in [1.54, 1.807) is 0 Å². The number of rotatable bonds is 6. The van der Waals surface area contributed by atoms with Gasteiger partial charge in [0.2, 0.25) is 0 Å². The van der Waals surface area contributed by atoms with Crippen molar-refractivity contribution in [2.75, 3.05) is 31.2 Å². The van der Waals surface area contributed by atoms with Gasteiger partial charge in [-0.05, 0) is 37.3 Å². The zero-order chi connectivity index (χ0) is 9.57. The van der Waals surface area contributed by atoms with Crippen molar-refractivity contribution in [2.24, 2.45) is 5.41 Å². The normalized spacial score (nSPS) is 28.2. The molecule has 78 valence electrons. The van der Waals surface area contributed by atoms with Crippen molar-refractivity contribution in [2.45, 2.75) is 26.2 Å². The van der Waals surface area contributed by atoms with Crippen LogP contribution in [0.1, 0.15) is 26.2 Å². The molecule has 1 unspecified atom stereocenters. The lowest BCUT2D eigenvalue weighted by Crippen LogP contribution is -2.28. The number of aliphatic hydroxyl groups excluding tert-OH is 1. The fourth-order valence-electron chi connectivity index (χ4n) is 1.92. The molecule has 1 atom stereocenters. The highest BCUT2D eigenvalue weighted by atomic mass is 32.2. The average Bonchev–Trinajstić information content (AvgIpc) is 2.62. The maximum absolute atomic E-state index is 9.33. The molecule has 0 bridgehead atoms. The lowest BCUT2D eigenvalue weighted by Gasteiger charge is -2.25. The first-order chi connectivity index (χ1) is 6.33. The highest BCUT2D eigenvalue weighted by Crippen LogP contribution is 2.30. The SMILES string of the molecule is CCSCCCC1(CO)CCNC1. The molecule has 0 aromatic carbocycles. The molecule has 0 amide bonds. The maximum Gasteiger partial charge on any atom is 0.0500 e. The molecular formula is C10H21NOS. The van der Waals surface area contributed by atoms with Gasteiger partial charge in [0, 0.05) is 18.6 Å². The summed E-state index contributed by atoms with van der Waals surface area (Å²) in [7, 11) is 0. The van der Waals surface area contributed by atoms with E-state index in [2.05, 4.69) is 12.2 Å². The molecule has 0 saturated carbocycles. The van der Waals surface area contributed by atoms with Crippen molar-refractivity contribution < 1.29 is 5.11 Å². The van der Waals surface area contributed by atoms with Gasteiger partial charge in [0.25, 0.3) is 0 Å². The van der Waals surface area contributed by atoms with Crippen LogP contribution in [-0.4, -0.2) is 36.3 Å². The Morgan fingerprint density at radius 3 is 2.92 bits per heavy atom. The highest BCUT2D eigenvalue weighted by molar-refractivity contribution is 7.99. The first-order valence-electron chi connectivity index (χ1n) is 5.22. The van der Waals surface area contributed by atoms with E-state index in [0.29, 0.717) is 6.61 Å². The Kier molecular flexibility index (Phi) is 5.14. The van der Waals surface area contributed by atoms with Gasteiger partial charge in [-0.3, -0.25) is 0 Å². The van der Waals surface area contributed by atoms with E-state index in [9.17, 15) is 5.11 Å². The topological polar surface area (TPSA) is 32.3 Å². The summed E-state index contributed by atoms with van der Waals surface area (Å²) in [5.74, 6) is 2.46. The van der Waals surface area contributed by atoms with E-state index in [4.69, 9.17) is 0 Å². The van der Waals surface area contributed by atoms with Crippen LogP contribution in [0.15, 0.2) is 0 Å². The Bertz CT molecular complexity index is 135. The minimum Gasteiger partial charge on any atom is -0.396 e. The summed E-state index contributed by atoms with van der Waals surface area (Å²) in [5, 5.41) is 12.7. The summed E-state index contributed by atoms with van der Waals surface area (Å²) in [6, 6.07) is 0. The molecule has 13 heavy (non-hydrogen) atoms. The molecule has 2 N–H and O–H groups in total. The summed E-state index contributed by atoms with van der Waals surface area (Å²) in [5.41, 5.74) is 0.217. The van der Waals surface area contributed by atoms with Crippen molar-refractivity contribution in [3.8, 4) is 0 Å². The molecule has 1 aliphatic rings. The Labute approximate surface area is 85.5 Å². The van der Waals surface area contributed by atoms with Crippen LogP contribution in [0.3, 0.4) is 0 Å². The van der Waals surface area contributed by atoms with Gasteiger partial charge in [-0.25, -0.2) is 0 Å². The number of thioether (sulfide) groups is 1. The number of aliphatic hydroxyl groups is 1. The monoisotopic (exact) mass is 203 g/mol. The number of hydrogen-bond donors (Lipinski definition) is 2. The van der Waals surface area contributed by atoms with Gasteiger partial charge >= 0.3 is 0 Å². The zero-order valence-corrected chi connectivity index (χ0v) is 9.33. The van der Waals surface area contributed by atoms with Gasteiger partial charge in [-0.15, -0.1) is 0 Å². The highest BCUT2D eigenvalue weighted by Gasteiger charge is 2.32. The number of hydrogen-bond acceptors (Lipinski definition) is 3. The minimum absolute atomic E-state index is 0.217. The second kappa shape index (κ2) is 5.89. The third-order valence-electron chi connectivity index (χ3n) is 2.87. The fourth-order valence-corrected chi connectivity index (χ4v) is 2.55. The molecule has 1 saturated heterocycles. The van der Waals surface area contributed by atoms with Crippen LogP contribution < -0.4 is 5.32 Å². The van der Waals surface area contributed by atoms with Crippen LogP contribution in [0, 0.1) is 5.41 Å². The van der Waals surface area contributed by atoms with E-state index < -0.39 is 0 Å². The van der Waals surface area contributed by atoms with Gasteiger partial charge in [-0.2, -0.15) is 11.8 Å². The Morgan fingerprint density at radius 2 is 2.38 bits per heavy atom. The lowest BCUT2D eigenvalue weighted by molar-refractivity contribution is 0.133. The summed E-state index contributed by atoms with van der Waals surface area (Å²) in [6.45, 7) is 4.65. The Balaban J connectivity index is 2.16. The van der Waals surface area contributed by atoms with Crippen LogP contribution >= 0.6 is 11.8 Å². The summed E-state index contributed by atoms with van der Waals surface area (Å²) >= 11 is 2.00. The third kappa shape index (κ3) is 3.49. The summed E-state index contributed by atoms with van der Waals surface area (Å²) in [4.78, 5) is 0. The first-order valence-corrected chi connectivity index (χ1v) is 6.38. The maximum atomic E-state index is 9.33. The van der Waals surface area contributed by atoms with E-state index in [-0.39, 0.29) is 5.41 Å². The lowest BCUT2D eigenvalue weighted by atomic mass is 9.83. The fraction of sp³-hybridized carbons (Fsp3) is 1.00. The molecule has 1 heterocycles. The molecule has 2 nitrogen and oxygen atoms in total. The summed E-state index contributed by atoms with van der Waals surface area (Å²) < 4.78 is 0. The Morgan fingerprint density at radius 1 is 1.54 bits per heavy atom. The molecule has 1 aliphatic heterocycles. The van der Waals surface area contributed by atoms with E-state index in [1.807, 2.05) is 11.8 Å². The summed E-state index contributed by atoms with van der Waals surface area (Å²) in [6.07, 6.45) is 3.59. The Hall–Kier alpha value is 0.270. The average molecular weight is 203 g/mol. The molecule has 0 radical (unpaired) electrons. The molecule has 3 heteroatoms. The molecule has 0 spiro atoms. The van der Waals surface area contributed by atoms with Crippen LogP contribution in [0.4, 0.5) is 0 Å². The van der Waals surface area contributed by atoms with Crippen LogP contribution in [-0.2, 0) is 0 Å². The van der Waals surface area contributed by atoms with Crippen molar-refractivity contribution in [3.05, 3.63) is 0 Å². The smallest absolute Gasteiger partial charge is 0.0500 e. The van der Waals surface area contributed by atoms with Crippen LogP contribution in [0.2, 0.25) is 0 Å². The van der Waals surface area contributed by atoms with Gasteiger partial charge in [0.05, 0.1) is 0 Å². The van der Waals surface area contributed by atoms with Gasteiger partial charge < -0.3 is 10.4 Å². The van der Waals surface area contributed by atoms with Crippen molar-refractivity contribution >= 4 is 11.8 Å². The largest absolute Gasteiger partial charge is 0.396 e. The first kappa shape index (κ1) is 11.3. The third-order valence-corrected chi connectivity index (χ3v) is 3.85. The standard InChI is InChI=1S/C10H21NOS/c1-2-13-7-3-4-10(9-12)5-6-11-8-10/h11-12H,2-9H2,1H3. The predicted molar refractivity (Wildman–Crippen MR) is 59.2 cm³/mol. The number of nitrogens with one attached hydrogen (secondary N) is 1. The van der Waals surface area contributed by atoms with E-state index in [0.717, 1.165) is 19.5 Å². The predicted octanol–water partition coefficient (Wildman–Crippen LogP) is 1.49. The second-order valence-electron chi connectivity index (χ2n) is 3.89. The van der Waals surface area contributed by atoms with Gasteiger partial charge in [-0.1, -0.05) is 6.92 Å². The molecule has 0 aromatic heterocycles. The van der Waals surface area contributed by atoms with Crippen molar-refractivity contribution in [1.82, 2.24) is 5.32 Å². The zero-order valence-electron chi connectivity index (χ0n) is 8.51.